The average molecular weight is 292 g/mol. The summed E-state index contributed by atoms with van der Waals surface area (Å²) in [5.74, 6) is -0.206. The molecule has 5 nitrogen and oxygen atoms in total. The number of pyridine rings is 1. The van der Waals surface area contributed by atoms with Crippen molar-refractivity contribution in [3.8, 4) is 0 Å². The van der Waals surface area contributed by atoms with E-state index in [9.17, 15) is 4.79 Å². The molecule has 22 heavy (non-hydrogen) atoms. The molecule has 0 atom stereocenters. The van der Waals surface area contributed by atoms with Crippen molar-refractivity contribution in [1.82, 2.24) is 14.8 Å². The third-order valence-corrected chi connectivity index (χ3v) is 3.32. The first-order valence-corrected chi connectivity index (χ1v) is 6.99. The van der Waals surface area contributed by atoms with E-state index >= 15 is 0 Å². The molecule has 1 amide bonds. The van der Waals surface area contributed by atoms with E-state index in [0.29, 0.717) is 5.69 Å². The van der Waals surface area contributed by atoms with E-state index in [4.69, 9.17) is 0 Å². The van der Waals surface area contributed by atoms with Gasteiger partial charge in [-0.3, -0.25) is 14.5 Å². The molecular formula is C17H16N4O. The Balaban J connectivity index is 1.65. The Kier molecular flexibility index (Phi) is 3.96. The molecule has 0 radical (unpaired) electrons. The van der Waals surface area contributed by atoms with E-state index in [1.165, 1.54) is 11.1 Å². The predicted molar refractivity (Wildman–Crippen MR) is 84.6 cm³/mol. The lowest BCUT2D eigenvalue weighted by molar-refractivity contribution is 0.102. The number of benzene rings is 1. The molecule has 3 rings (SSSR count). The molecule has 0 saturated heterocycles. The Morgan fingerprint density at radius 3 is 2.36 bits per heavy atom. The van der Waals surface area contributed by atoms with Gasteiger partial charge in [0.2, 0.25) is 0 Å². The van der Waals surface area contributed by atoms with Crippen molar-refractivity contribution in [1.29, 1.82) is 0 Å². The summed E-state index contributed by atoms with van der Waals surface area (Å²) in [4.78, 5) is 16.0. The van der Waals surface area contributed by atoms with Crippen LogP contribution in [0.4, 0.5) is 5.69 Å². The van der Waals surface area contributed by atoms with Crippen LogP contribution in [-0.2, 0) is 13.5 Å². The summed E-state index contributed by atoms with van der Waals surface area (Å²) in [6.07, 6.45) is 6.16. The largest absolute Gasteiger partial charge is 0.321 e. The zero-order valence-corrected chi connectivity index (χ0v) is 12.2. The van der Waals surface area contributed by atoms with Crippen LogP contribution < -0.4 is 5.32 Å². The predicted octanol–water partition coefficient (Wildman–Crippen LogP) is 2.66. The first-order chi connectivity index (χ1) is 10.7. The van der Waals surface area contributed by atoms with Crippen molar-refractivity contribution in [2.45, 2.75) is 6.42 Å². The molecule has 5 heteroatoms. The number of aromatic nitrogens is 3. The summed E-state index contributed by atoms with van der Waals surface area (Å²) in [7, 11) is 1.78. The monoisotopic (exact) mass is 292 g/mol. The van der Waals surface area contributed by atoms with Gasteiger partial charge in [0.15, 0.2) is 5.69 Å². The molecule has 0 aliphatic carbocycles. The summed E-state index contributed by atoms with van der Waals surface area (Å²) < 4.78 is 1.60. The van der Waals surface area contributed by atoms with Crippen molar-refractivity contribution in [2.24, 2.45) is 7.05 Å². The number of nitrogens with zero attached hydrogens (tertiary/aromatic N) is 3. The summed E-state index contributed by atoms with van der Waals surface area (Å²) >= 11 is 0. The number of carbonyl (C=O) groups is 1. The van der Waals surface area contributed by atoms with Gasteiger partial charge in [-0.2, -0.15) is 5.10 Å². The molecule has 1 aromatic carbocycles. The quantitative estimate of drug-likeness (QED) is 0.804. The lowest BCUT2D eigenvalue weighted by Crippen LogP contribution is -2.13. The zero-order valence-electron chi connectivity index (χ0n) is 12.2. The van der Waals surface area contributed by atoms with Crippen LogP contribution in [0.25, 0.3) is 0 Å². The maximum absolute atomic E-state index is 12.0. The number of carbonyl (C=O) groups excluding carboxylic acids is 1. The van der Waals surface area contributed by atoms with E-state index in [-0.39, 0.29) is 5.91 Å². The van der Waals surface area contributed by atoms with Crippen molar-refractivity contribution in [3.63, 3.8) is 0 Å². The second-order valence-corrected chi connectivity index (χ2v) is 5.06. The minimum absolute atomic E-state index is 0.206. The fraction of sp³-hybridized carbons (Fsp3) is 0.118. The Morgan fingerprint density at radius 2 is 1.73 bits per heavy atom. The Morgan fingerprint density at radius 1 is 1.05 bits per heavy atom. The van der Waals surface area contributed by atoms with Gasteiger partial charge in [0.25, 0.3) is 5.91 Å². The average Bonchev–Trinajstić information content (AvgIpc) is 2.97. The second-order valence-electron chi connectivity index (χ2n) is 5.06. The molecule has 0 aliphatic rings. The molecular weight excluding hydrogens is 276 g/mol. The highest BCUT2D eigenvalue weighted by Gasteiger charge is 2.08. The van der Waals surface area contributed by atoms with Gasteiger partial charge in [0.05, 0.1) is 0 Å². The number of rotatable bonds is 4. The van der Waals surface area contributed by atoms with Crippen LogP contribution in [0.3, 0.4) is 0 Å². The smallest absolute Gasteiger partial charge is 0.276 e. The highest BCUT2D eigenvalue weighted by molar-refractivity contribution is 6.02. The molecule has 0 aliphatic heterocycles. The van der Waals surface area contributed by atoms with Gasteiger partial charge in [0, 0.05) is 31.3 Å². The summed E-state index contributed by atoms with van der Waals surface area (Å²) in [6, 6.07) is 13.5. The second kappa shape index (κ2) is 6.22. The van der Waals surface area contributed by atoms with Crippen molar-refractivity contribution in [3.05, 3.63) is 77.9 Å². The van der Waals surface area contributed by atoms with Crippen LogP contribution in [0.15, 0.2) is 61.1 Å². The topological polar surface area (TPSA) is 59.8 Å². The first kappa shape index (κ1) is 14.0. The summed E-state index contributed by atoms with van der Waals surface area (Å²) in [5.41, 5.74) is 3.56. The molecule has 0 saturated carbocycles. The highest BCUT2D eigenvalue weighted by Crippen LogP contribution is 2.14. The fourth-order valence-corrected chi connectivity index (χ4v) is 2.17. The Bertz CT molecular complexity index is 763. The van der Waals surface area contributed by atoms with Gasteiger partial charge in [-0.25, -0.2) is 0 Å². The number of anilines is 1. The number of amides is 1. The minimum Gasteiger partial charge on any atom is -0.321 e. The molecule has 0 spiro atoms. The van der Waals surface area contributed by atoms with E-state index in [0.717, 1.165) is 12.1 Å². The molecule has 1 N–H and O–H groups in total. The lowest BCUT2D eigenvalue weighted by atomic mass is 10.1. The number of aryl methyl sites for hydroxylation is 1. The van der Waals surface area contributed by atoms with Crippen LogP contribution in [0, 0.1) is 0 Å². The number of hydrogen-bond acceptors (Lipinski definition) is 3. The van der Waals surface area contributed by atoms with E-state index in [2.05, 4.69) is 15.4 Å². The maximum atomic E-state index is 12.0. The minimum atomic E-state index is -0.206. The van der Waals surface area contributed by atoms with E-state index in [1.807, 2.05) is 36.4 Å². The Hall–Kier alpha value is -2.95. The van der Waals surface area contributed by atoms with Crippen LogP contribution in [0.1, 0.15) is 21.6 Å². The molecule has 2 heterocycles. The van der Waals surface area contributed by atoms with E-state index in [1.54, 1.807) is 36.4 Å². The van der Waals surface area contributed by atoms with Crippen LogP contribution in [0.2, 0.25) is 0 Å². The number of hydrogen-bond donors (Lipinski definition) is 1. The Labute approximate surface area is 128 Å². The molecule has 0 fully saturated rings. The zero-order chi connectivity index (χ0) is 15.4. The number of nitrogens with one attached hydrogen (secondary N) is 1. The van der Waals surface area contributed by atoms with Gasteiger partial charge in [-0.15, -0.1) is 0 Å². The van der Waals surface area contributed by atoms with Gasteiger partial charge in [-0.1, -0.05) is 12.1 Å². The van der Waals surface area contributed by atoms with Crippen molar-refractivity contribution in [2.75, 3.05) is 5.32 Å². The first-order valence-electron chi connectivity index (χ1n) is 6.99. The van der Waals surface area contributed by atoms with E-state index < -0.39 is 0 Å². The molecule has 2 aromatic heterocycles. The van der Waals surface area contributed by atoms with Gasteiger partial charge in [0.1, 0.15) is 0 Å². The van der Waals surface area contributed by atoms with Gasteiger partial charge in [-0.05, 0) is 47.9 Å². The lowest BCUT2D eigenvalue weighted by Gasteiger charge is -2.05. The van der Waals surface area contributed by atoms with Crippen LogP contribution in [0.5, 0.6) is 0 Å². The molecule has 0 bridgehead atoms. The molecule has 3 aromatic rings. The van der Waals surface area contributed by atoms with Crippen LogP contribution in [-0.4, -0.2) is 20.7 Å². The van der Waals surface area contributed by atoms with Crippen molar-refractivity contribution < 1.29 is 4.79 Å². The summed E-state index contributed by atoms with van der Waals surface area (Å²) in [5, 5.41) is 6.92. The third-order valence-electron chi connectivity index (χ3n) is 3.32. The van der Waals surface area contributed by atoms with Crippen molar-refractivity contribution >= 4 is 11.6 Å². The highest BCUT2D eigenvalue weighted by atomic mass is 16.1. The standard InChI is InChI=1S/C17H16N4O/c1-21-11-8-16(20-21)17(22)19-15-4-2-13(3-5-15)12-14-6-9-18-10-7-14/h2-11H,12H2,1H3,(H,19,22). The third kappa shape index (κ3) is 3.38. The van der Waals surface area contributed by atoms with Gasteiger partial charge < -0.3 is 5.32 Å². The normalized spacial score (nSPS) is 10.4. The van der Waals surface area contributed by atoms with Crippen LogP contribution >= 0.6 is 0 Å². The van der Waals surface area contributed by atoms with Gasteiger partial charge >= 0.3 is 0 Å². The molecule has 110 valence electrons. The fourth-order valence-electron chi connectivity index (χ4n) is 2.17. The molecule has 0 unspecified atom stereocenters. The maximum Gasteiger partial charge on any atom is 0.276 e. The SMILES string of the molecule is Cn1ccc(C(=O)Nc2ccc(Cc3ccncc3)cc2)n1. The summed E-state index contributed by atoms with van der Waals surface area (Å²) in [6.45, 7) is 0.